The second kappa shape index (κ2) is 11.9. The molecule has 0 radical (unpaired) electrons. The number of benzene rings is 2. The third kappa shape index (κ3) is 5.85. The van der Waals surface area contributed by atoms with Crippen LogP contribution in [0, 0.1) is 5.82 Å². The van der Waals surface area contributed by atoms with Gasteiger partial charge in [0.25, 0.3) is 0 Å². The van der Waals surface area contributed by atoms with E-state index in [4.69, 9.17) is 33.7 Å². The Morgan fingerprint density at radius 3 is 2.76 bits per heavy atom. The topological polar surface area (TPSA) is 84.6 Å². The van der Waals surface area contributed by atoms with Crippen LogP contribution < -0.4 is 31.9 Å². The van der Waals surface area contributed by atoms with Crippen molar-refractivity contribution >= 4 is 34.9 Å². The van der Waals surface area contributed by atoms with Crippen molar-refractivity contribution in [2.45, 2.75) is 42.8 Å². The van der Waals surface area contributed by atoms with Crippen molar-refractivity contribution in [2.24, 2.45) is 0 Å². The predicted octanol–water partition coefficient (Wildman–Crippen LogP) is 2.97. The molecule has 11 heteroatoms. The summed E-state index contributed by atoms with van der Waals surface area (Å²) in [6, 6.07) is 10.00. The first-order valence-corrected chi connectivity index (χ1v) is 15.5. The Balaban J connectivity index is 1.36. The summed E-state index contributed by atoms with van der Waals surface area (Å²) in [6.45, 7) is 4.80. The van der Waals surface area contributed by atoms with Crippen LogP contribution >= 0.6 is 23.2 Å². The molecule has 2 aliphatic heterocycles. The molecule has 1 aromatic heterocycles. The number of halogens is 4. The summed E-state index contributed by atoms with van der Waals surface area (Å²) in [6.07, 6.45) is 5.45. The summed E-state index contributed by atoms with van der Waals surface area (Å²) in [7, 11) is 0. The van der Waals surface area contributed by atoms with Gasteiger partial charge in [0.1, 0.15) is 5.82 Å². The number of ether oxygens (including phenoxy) is 1. The summed E-state index contributed by atoms with van der Waals surface area (Å²) < 4.78 is 22.9. The molecule has 2 atom stereocenters. The van der Waals surface area contributed by atoms with Crippen molar-refractivity contribution in [1.82, 2.24) is 18.0 Å². The van der Waals surface area contributed by atoms with Crippen molar-refractivity contribution in [3.05, 3.63) is 69.6 Å². The van der Waals surface area contributed by atoms with E-state index in [1.54, 1.807) is 6.92 Å². The minimum absolute atomic E-state index is 0.0529. The standard InChI is InChI=1S/C27H28Cl2FIN5O2/c1-16(23-19(28)9-10-20(30)24(23)29)38-26-25(32)33-15-21(34-26)17-6-4-7-18(14-17)27(37)36-13-5-8-22(36)31-35-11-2-3-12-35/h4,6-7,9-10,14-16,22H,2-3,5,8,11-13H2,1H3,(H2,32,33)/q-1/t16?,22-/m0/s1. The van der Waals surface area contributed by atoms with Gasteiger partial charge in [0.05, 0.1) is 5.02 Å². The fourth-order valence-corrected chi connectivity index (χ4v) is 9.10. The Hall–Kier alpha value is -2.21. The molecule has 0 spiro atoms. The summed E-state index contributed by atoms with van der Waals surface area (Å²) in [4.78, 5) is 24.4. The molecule has 202 valence electrons. The molecule has 0 aliphatic carbocycles. The Bertz CT molecular complexity index is 1340. The fraction of sp³-hybridized carbons (Fsp3) is 0.370. The minimum Gasteiger partial charge on any atom is -0.205 e. The molecule has 2 fully saturated rings. The van der Waals surface area contributed by atoms with E-state index >= 15 is 0 Å². The predicted molar refractivity (Wildman–Crippen MR) is 142 cm³/mol. The number of nitrogens with two attached hydrogens (primary N) is 1. The molecular weight excluding hydrogens is 643 g/mol. The van der Waals surface area contributed by atoms with Gasteiger partial charge in [-0.3, -0.25) is 0 Å². The molecule has 5 rings (SSSR count). The smallest absolute Gasteiger partial charge is 0.205 e. The van der Waals surface area contributed by atoms with E-state index in [2.05, 4.69) is 18.0 Å². The number of nitrogens with zero attached hydrogens (tertiary/aromatic N) is 4. The molecule has 0 bridgehead atoms. The molecule has 2 N–H and O–H groups in total. The Labute approximate surface area is 242 Å². The zero-order chi connectivity index (χ0) is 26.8. The zero-order valence-electron chi connectivity index (χ0n) is 20.8. The van der Waals surface area contributed by atoms with Crippen LogP contribution in [0.15, 0.2) is 42.6 Å². The first kappa shape index (κ1) is 27.4. The number of amides is 1. The van der Waals surface area contributed by atoms with E-state index < -0.39 is 11.9 Å². The SMILES string of the molecule is CC(Oc1nc(-c2cccc(C(=O)N3CCC[C@H]3[I-]N3CCCC3)c2)cnc1N)c1c(Cl)ccc(F)c1Cl. The Kier molecular flexibility index (Phi) is 8.56. The third-order valence-electron chi connectivity index (χ3n) is 6.69. The monoisotopic (exact) mass is 670 g/mol. The van der Waals surface area contributed by atoms with E-state index in [-0.39, 0.29) is 49.1 Å². The molecule has 3 heterocycles. The van der Waals surface area contributed by atoms with Crippen LogP contribution in [-0.4, -0.2) is 47.6 Å². The van der Waals surface area contributed by atoms with E-state index in [0.717, 1.165) is 32.5 Å². The first-order chi connectivity index (χ1) is 18.3. The van der Waals surface area contributed by atoms with Crippen LogP contribution in [0.3, 0.4) is 0 Å². The molecule has 2 aromatic carbocycles. The molecule has 2 saturated heterocycles. The number of hydrogen-bond acceptors (Lipinski definition) is 6. The zero-order valence-corrected chi connectivity index (χ0v) is 24.5. The molecule has 1 amide bonds. The molecule has 7 nitrogen and oxygen atoms in total. The second-order valence-electron chi connectivity index (χ2n) is 9.33. The summed E-state index contributed by atoms with van der Waals surface area (Å²) in [5, 5.41) is 0.149. The van der Waals surface area contributed by atoms with Gasteiger partial charge in [-0.25, -0.2) is 4.39 Å². The average Bonchev–Trinajstić information content (AvgIpc) is 3.60. The molecule has 38 heavy (non-hydrogen) atoms. The van der Waals surface area contributed by atoms with Crippen molar-refractivity contribution in [2.75, 3.05) is 25.4 Å². The van der Waals surface area contributed by atoms with Crippen molar-refractivity contribution in [1.29, 1.82) is 0 Å². The molecular formula is C27H28Cl2FIN5O2-. The maximum absolute atomic E-state index is 14.0. The second-order valence-corrected chi connectivity index (χ2v) is 13.5. The molecule has 1 unspecified atom stereocenters. The van der Waals surface area contributed by atoms with E-state index in [9.17, 15) is 9.18 Å². The normalized spacial score (nSPS) is 18.7. The van der Waals surface area contributed by atoms with Crippen LogP contribution in [0.2, 0.25) is 10.0 Å². The number of carbonyl (C=O) groups excluding carboxylic acids is 1. The van der Waals surface area contributed by atoms with Gasteiger partial charge in [-0.2, -0.15) is 0 Å². The van der Waals surface area contributed by atoms with Crippen LogP contribution in [0.1, 0.15) is 54.6 Å². The third-order valence-corrected chi connectivity index (χ3v) is 11.1. The van der Waals surface area contributed by atoms with E-state index in [0.29, 0.717) is 26.4 Å². The number of aromatic nitrogens is 2. The van der Waals surface area contributed by atoms with Crippen LogP contribution in [-0.2, 0) is 0 Å². The van der Waals surface area contributed by atoms with Crippen LogP contribution in [0.5, 0.6) is 5.88 Å². The number of likely N-dealkylation sites (tertiary alicyclic amines) is 1. The number of alkyl halides is 1. The number of nitrogen functional groups attached to an aromatic ring is 1. The van der Waals surface area contributed by atoms with Gasteiger partial charge in [0, 0.05) is 5.02 Å². The summed E-state index contributed by atoms with van der Waals surface area (Å²) in [5.74, 6) is -0.406. The van der Waals surface area contributed by atoms with E-state index in [1.807, 2.05) is 24.3 Å². The van der Waals surface area contributed by atoms with Gasteiger partial charge in [0.2, 0.25) is 0 Å². The number of hydrogen-bond donors (Lipinski definition) is 1. The summed E-state index contributed by atoms with van der Waals surface area (Å²) in [5.41, 5.74) is 8.17. The number of rotatable bonds is 7. The van der Waals surface area contributed by atoms with Gasteiger partial charge >= 0.3 is 188 Å². The number of carbonyl (C=O) groups is 1. The summed E-state index contributed by atoms with van der Waals surface area (Å²) >= 11 is 12.2. The molecule has 3 aromatic rings. The van der Waals surface area contributed by atoms with Gasteiger partial charge in [-0.05, 0) is 12.1 Å². The molecule has 2 aliphatic rings. The van der Waals surface area contributed by atoms with Crippen molar-refractivity contribution < 1.29 is 35.4 Å². The average molecular weight is 671 g/mol. The van der Waals surface area contributed by atoms with E-state index in [1.165, 1.54) is 31.2 Å². The van der Waals surface area contributed by atoms with Gasteiger partial charge in [-0.15, -0.1) is 0 Å². The Morgan fingerprint density at radius 1 is 1.18 bits per heavy atom. The quantitative estimate of drug-likeness (QED) is 0.137. The van der Waals surface area contributed by atoms with Crippen molar-refractivity contribution in [3.8, 4) is 17.1 Å². The van der Waals surface area contributed by atoms with Gasteiger partial charge in [-0.1, -0.05) is 23.2 Å². The van der Waals surface area contributed by atoms with Crippen LogP contribution in [0.25, 0.3) is 11.3 Å². The molecule has 0 saturated carbocycles. The van der Waals surface area contributed by atoms with Gasteiger partial charge < -0.3 is 0 Å². The van der Waals surface area contributed by atoms with Crippen molar-refractivity contribution in [3.63, 3.8) is 0 Å². The van der Waals surface area contributed by atoms with Crippen LogP contribution in [0.4, 0.5) is 10.2 Å². The fourth-order valence-electron chi connectivity index (χ4n) is 4.72. The number of anilines is 1. The van der Waals surface area contributed by atoms with Gasteiger partial charge in [0.15, 0.2) is 0 Å². The minimum atomic E-state index is -0.739. The maximum atomic E-state index is 14.0. The first-order valence-electron chi connectivity index (χ1n) is 12.5. The Morgan fingerprint density at radius 2 is 1.97 bits per heavy atom.